The van der Waals surface area contributed by atoms with E-state index in [-0.39, 0.29) is 11.3 Å². The number of para-hydroxylation sites is 1. The number of hydrogen-bond acceptors (Lipinski definition) is 4. The van der Waals surface area contributed by atoms with E-state index in [1.54, 1.807) is 18.9 Å². The number of thioether (sulfide) groups is 1. The van der Waals surface area contributed by atoms with Crippen LogP contribution in [0.4, 0.5) is 0 Å². The summed E-state index contributed by atoms with van der Waals surface area (Å²) in [6.45, 7) is 0.739. The number of amides is 1. The van der Waals surface area contributed by atoms with Gasteiger partial charge in [0.25, 0.3) is 5.91 Å². The Kier molecular flexibility index (Phi) is 5.53. The van der Waals surface area contributed by atoms with Crippen molar-refractivity contribution in [1.82, 2.24) is 4.90 Å². The summed E-state index contributed by atoms with van der Waals surface area (Å²) in [5.74, 6) is 3.27. The zero-order valence-corrected chi connectivity index (χ0v) is 16.4. The van der Waals surface area contributed by atoms with Crippen LogP contribution in [0.15, 0.2) is 78.9 Å². The molecule has 1 unspecified atom stereocenters. The van der Waals surface area contributed by atoms with Crippen LogP contribution < -0.4 is 9.47 Å². The molecule has 5 heteroatoms. The van der Waals surface area contributed by atoms with Gasteiger partial charge in [0.15, 0.2) is 0 Å². The quantitative estimate of drug-likeness (QED) is 0.586. The van der Waals surface area contributed by atoms with Gasteiger partial charge in [0, 0.05) is 17.9 Å². The van der Waals surface area contributed by atoms with Crippen molar-refractivity contribution in [2.45, 2.75) is 5.37 Å². The van der Waals surface area contributed by atoms with Crippen molar-refractivity contribution in [1.29, 1.82) is 0 Å². The molecule has 1 aliphatic heterocycles. The molecule has 1 aliphatic rings. The molecule has 4 rings (SSSR count). The smallest absolute Gasteiger partial charge is 0.255 e. The van der Waals surface area contributed by atoms with E-state index >= 15 is 0 Å². The van der Waals surface area contributed by atoms with Crippen molar-refractivity contribution in [2.24, 2.45) is 0 Å². The van der Waals surface area contributed by atoms with Gasteiger partial charge in [0.05, 0.1) is 7.11 Å². The molecule has 0 saturated carbocycles. The highest BCUT2D eigenvalue weighted by molar-refractivity contribution is 7.99. The number of ether oxygens (including phenoxy) is 2. The van der Waals surface area contributed by atoms with Crippen LogP contribution in [0.25, 0.3) is 0 Å². The van der Waals surface area contributed by atoms with E-state index in [1.807, 2.05) is 83.8 Å². The molecule has 1 amide bonds. The molecule has 1 fully saturated rings. The topological polar surface area (TPSA) is 38.8 Å². The highest BCUT2D eigenvalue weighted by atomic mass is 32.2. The van der Waals surface area contributed by atoms with Crippen LogP contribution in [0.3, 0.4) is 0 Å². The first-order valence-electron chi connectivity index (χ1n) is 9.14. The van der Waals surface area contributed by atoms with Crippen molar-refractivity contribution in [3.8, 4) is 17.2 Å². The molecule has 1 atom stereocenters. The zero-order valence-electron chi connectivity index (χ0n) is 15.6. The maximum absolute atomic E-state index is 13.1. The van der Waals surface area contributed by atoms with Crippen LogP contribution in [-0.2, 0) is 0 Å². The highest BCUT2D eigenvalue weighted by Crippen LogP contribution is 2.39. The number of benzene rings is 3. The van der Waals surface area contributed by atoms with Gasteiger partial charge >= 0.3 is 0 Å². The molecule has 3 aromatic rings. The number of rotatable bonds is 5. The van der Waals surface area contributed by atoms with Gasteiger partial charge < -0.3 is 14.4 Å². The summed E-state index contributed by atoms with van der Waals surface area (Å²) in [5, 5.41) is 0.0265. The minimum absolute atomic E-state index is 0.0265. The lowest BCUT2D eigenvalue weighted by Crippen LogP contribution is -2.30. The van der Waals surface area contributed by atoms with Gasteiger partial charge in [0.1, 0.15) is 22.6 Å². The van der Waals surface area contributed by atoms with E-state index in [2.05, 4.69) is 0 Å². The minimum Gasteiger partial charge on any atom is -0.497 e. The molecule has 4 nitrogen and oxygen atoms in total. The van der Waals surface area contributed by atoms with Crippen LogP contribution in [0.1, 0.15) is 21.3 Å². The lowest BCUT2D eigenvalue weighted by molar-refractivity contribution is 0.0760. The van der Waals surface area contributed by atoms with Crippen molar-refractivity contribution < 1.29 is 14.3 Å². The molecule has 0 spiro atoms. The second-order valence-corrected chi connectivity index (χ2v) is 7.62. The fraction of sp³-hybridized carbons (Fsp3) is 0.174. The van der Waals surface area contributed by atoms with Gasteiger partial charge in [-0.2, -0.15) is 0 Å². The number of hydrogen-bond donors (Lipinski definition) is 0. The highest BCUT2D eigenvalue weighted by Gasteiger charge is 2.31. The molecule has 0 bridgehead atoms. The third kappa shape index (κ3) is 3.99. The predicted molar refractivity (Wildman–Crippen MR) is 112 cm³/mol. The van der Waals surface area contributed by atoms with E-state index in [0.717, 1.165) is 29.4 Å². The second-order valence-electron chi connectivity index (χ2n) is 6.43. The van der Waals surface area contributed by atoms with Crippen molar-refractivity contribution in [3.63, 3.8) is 0 Å². The Hall–Kier alpha value is -2.92. The Morgan fingerprint density at radius 2 is 1.54 bits per heavy atom. The van der Waals surface area contributed by atoms with Gasteiger partial charge in [0.2, 0.25) is 0 Å². The Morgan fingerprint density at radius 3 is 2.21 bits per heavy atom. The van der Waals surface area contributed by atoms with Crippen LogP contribution in [0.2, 0.25) is 0 Å². The van der Waals surface area contributed by atoms with Crippen LogP contribution in [-0.4, -0.2) is 30.2 Å². The first-order chi connectivity index (χ1) is 13.7. The van der Waals surface area contributed by atoms with Gasteiger partial charge in [-0.15, -0.1) is 11.8 Å². The second kappa shape index (κ2) is 8.40. The van der Waals surface area contributed by atoms with Gasteiger partial charge in [-0.05, 0) is 54.1 Å². The molecular formula is C23H21NO3S. The Morgan fingerprint density at radius 1 is 0.893 bits per heavy atom. The largest absolute Gasteiger partial charge is 0.497 e. The molecule has 1 heterocycles. The van der Waals surface area contributed by atoms with Gasteiger partial charge in [-0.1, -0.05) is 30.3 Å². The lowest BCUT2D eigenvalue weighted by Gasteiger charge is -2.24. The van der Waals surface area contributed by atoms with Crippen molar-refractivity contribution in [2.75, 3.05) is 19.4 Å². The maximum Gasteiger partial charge on any atom is 0.255 e. The average Bonchev–Trinajstić information content (AvgIpc) is 3.24. The Labute approximate surface area is 169 Å². The van der Waals surface area contributed by atoms with Crippen molar-refractivity contribution >= 4 is 17.7 Å². The third-order valence-corrected chi connectivity index (χ3v) is 5.89. The fourth-order valence-electron chi connectivity index (χ4n) is 3.18. The molecule has 0 N–H and O–H groups in total. The fourth-order valence-corrected chi connectivity index (χ4v) is 4.43. The van der Waals surface area contributed by atoms with E-state index in [4.69, 9.17) is 9.47 Å². The Bertz CT molecular complexity index is 926. The van der Waals surface area contributed by atoms with Crippen LogP contribution >= 0.6 is 11.8 Å². The summed E-state index contributed by atoms with van der Waals surface area (Å²) >= 11 is 1.78. The SMILES string of the molecule is COc1ccc(C2SCCN2C(=O)c2ccc(Oc3ccccc3)cc2)cc1. The molecule has 28 heavy (non-hydrogen) atoms. The van der Waals surface area contributed by atoms with E-state index in [1.165, 1.54) is 0 Å². The number of carbonyl (C=O) groups excluding carboxylic acids is 1. The molecule has 0 radical (unpaired) electrons. The molecule has 142 valence electrons. The van der Waals surface area contributed by atoms with Gasteiger partial charge in [-0.25, -0.2) is 0 Å². The maximum atomic E-state index is 13.1. The normalized spacial score (nSPS) is 16.0. The third-order valence-electron chi connectivity index (χ3n) is 4.63. The number of nitrogens with zero attached hydrogens (tertiary/aromatic N) is 1. The molecule has 3 aromatic carbocycles. The first kappa shape index (κ1) is 18.4. The molecular weight excluding hydrogens is 370 g/mol. The van der Waals surface area contributed by atoms with E-state index < -0.39 is 0 Å². The zero-order chi connectivity index (χ0) is 19.3. The lowest BCUT2D eigenvalue weighted by atomic mass is 10.1. The summed E-state index contributed by atoms with van der Waals surface area (Å²) < 4.78 is 11.0. The molecule has 0 aliphatic carbocycles. The van der Waals surface area contributed by atoms with Crippen LogP contribution in [0.5, 0.6) is 17.2 Å². The van der Waals surface area contributed by atoms with E-state index in [9.17, 15) is 4.79 Å². The number of methoxy groups -OCH3 is 1. The predicted octanol–water partition coefficient (Wildman–Crippen LogP) is 5.38. The van der Waals surface area contributed by atoms with Crippen LogP contribution in [0, 0.1) is 0 Å². The molecule has 1 saturated heterocycles. The minimum atomic E-state index is 0.0265. The standard InChI is InChI=1S/C23H21NO3S/c1-26-19-11-9-18(10-12-19)23-24(15-16-28-23)22(25)17-7-13-21(14-8-17)27-20-5-3-2-4-6-20/h2-14,23H,15-16H2,1H3. The summed E-state index contributed by atoms with van der Waals surface area (Å²) in [4.78, 5) is 15.0. The summed E-state index contributed by atoms with van der Waals surface area (Å²) in [7, 11) is 1.65. The number of carbonyl (C=O) groups is 1. The average molecular weight is 391 g/mol. The Balaban J connectivity index is 1.48. The monoisotopic (exact) mass is 391 g/mol. The summed E-state index contributed by atoms with van der Waals surface area (Å²) in [5.41, 5.74) is 1.78. The summed E-state index contributed by atoms with van der Waals surface area (Å²) in [6.07, 6.45) is 0. The van der Waals surface area contributed by atoms with Gasteiger partial charge in [-0.3, -0.25) is 4.79 Å². The van der Waals surface area contributed by atoms with E-state index in [0.29, 0.717) is 11.3 Å². The summed E-state index contributed by atoms with van der Waals surface area (Å²) in [6, 6.07) is 24.9. The first-order valence-corrected chi connectivity index (χ1v) is 10.2. The molecule has 0 aromatic heterocycles. The van der Waals surface area contributed by atoms with Crippen molar-refractivity contribution in [3.05, 3.63) is 90.0 Å².